The third-order valence-electron chi connectivity index (χ3n) is 4.00. The van der Waals surface area contributed by atoms with Gasteiger partial charge in [-0.25, -0.2) is 4.98 Å². The normalized spacial score (nSPS) is 15.9. The summed E-state index contributed by atoms with van der Waals surface area (Å²) in [5, 5.41) is 3.14. The summed E-state index contributed by atoms with van der Waals surface area (Å²) in [6, 6.07) is 4.32. The standard InChI is InChI=1S/C16H22N4O/c1-3-5-13(15-17-9-11-19(15)2)18-16(21)14-6-4-10-20(14)12-7-8-12/h4,6,9-13H,3,5,7-8H2,1-2H3,(H,18,21)/t13-/m0/s1. The first kappa shape index (κ1) is 13.9. The summed E-state index contributed by atoms with van der Waals surface area (Å²) in [4.78, 5) is 17.0. The summed E-state index contributed by atoms with van der Waals surface area (Å²) in [5.41, 5.74) is 0.757. The van der Waals surface area contributed by atoms with Crippen LogP contribution in [-0.2, 0) is 7.05 Å². The number of carbonyl (C=O) groups excluding carboxylic acids is 1. The van der Waals surface area contributed by atoms with Crippen molar-refractivity contribution in [2.24, 2.45) is 7.05 Å². The number of hydrogen-bond donors (Lipinski definition) is 1. The predicted molar refractivity (Wildman–Crippen MR) is 81.0 cm³/mol. The zero-order chi connectivity index (χ0) is 14.8. The topological polar surface area (TPSA) is 51.9 Å². The molecule has 1 amide bonds. The summed E-state index contributed by atoms with van der Waals surface area (Å²) in [6.45, 7) is 2.12. The molecule has 1 atom stereocenters. The molecule has 112 valence electrons. The van der Waals surface area contributed by atoms with Gasteiger partial charge in [0, 0.05) is 31.7 Å². The SMILES string of the molecule is CCC[C@H](NC(=O)c1cccn1C1CC1)c1nccn1C. The van der Waals surface area contributed by atoms with Crippen LogP contribution in [0.4, 0.5) is 0 Å². The van der Waals surface area contributed by atoms with Crippen LogP contribution in [0.1, 0.15) is 61.0 Å². The Morgan fingerprint density at radius 1 is 1.48 bits per heavy atom. The van der Waals surface area contributed by atoms with Crippen molar-refractivity contribution in [1.82, 2.24) is 19.4 Å². The van der Waals surface area contributed by atoms with Crippen molar-refractivity contribution in [3.05, 3.63) is 42.2 Å². The second-order valence-electron chi connectivity index (χ2n) is 5.74. The number of aryl methyl sites for hydroxylation is 1. The highest BCUT2D eigenvalue weighted by atomic mass is 16.2. The fraction of sp³-hybridized carbons (Fsp3) is 0.500. The Kier molecular flexibility index (Phi) is 3.82. The van der Waals surface area contributed by atoms with Gasteiger partial charge >= 0.3 is 0 Å². The Morgan fingerprint density at radius 3 is 2.90 bits per heavy atom. The number of rotatable bonds is 6. The molecule has 5 nitrogen and oxygen atoms in total. The molecular weight excluding hydrogens is 264 g/mol. The lowest BCUT2D eigenvalue weighted by atomic mass is 10.1. The molecular formula is C16H22N4O. The maximum Gasteiger partial charge on any atom is 0.268 e. The van der Waals surface area contributed by atoms with Gasteiger partial charge in [0.1, 0.15) is 11.5 Å². The van der Waals surface area contributed by atoms with E-state index in [-0.39, 0.29) is 11.9 Å². The van der Waals surface area contributed by atoms with Crippen molar-refractivity contribution < 1.29 is 4.79 Å². The third-order valence-corrected chi connectivity index (χ3v) is 4.00. The summed E-state index contributed by atoms with van der Waals surface area (Å²) in [7, 11) is 1.96. The Hall–Kier alpha value is -2.04. The lowest BCUT2D eigenvalue weighted by molar-refractivity contribution is 0.0922. The van der Waals surface area contributed by atoms with E-state index in [1.165, 1.54) is 12.8 Å². The van der Waals surface area contributed by atoms with Crippen LogP contribution in [0.25, 0.3) is 0 Å². The average Bonchev–Trinajstić information content (AvgIpc) is 3.03. The molecule has 0 aromatic carbocycles. The van der Waals surface area contributed by atoms with Crippen molar-refractivity contribution >= 4 is 5.91 Å². The zero-order valence-corrected chi connectivity index (χ0v) is 12.6. The number of imidazole rings is 1. The van der Waals surface area contributed by atoms with Gasteiger partial charge in [0.2, 0.25) is 0 Å². The molecule has 2 aromatic rings. The highest BCUT2D eigenvalue weighted by Gasteiger charge is 2.27. The number of hydrogen-bond acceptors (Lipinski definition) is 2. The van der Waals surface area contributed by atoms with Crippen LogP contribution in [-0.4, -0.2) is 20.0 Å². The van der Waals surface area contributed by atoms with E-state index < -0.39 is 0 Å². The van der Waals surface area contributed by atoms with Crippen LogP contribution in [0, 0.1) is 0 Å². The molecule has 1 aliphatic rings. The molecule has 3 rings (SSSR count). The second kappa shape index (κ2) is 5.76. The van der Waals surface area contributed by atoms with Crippen LogP contribution >= 0.6 is 0 Å². The minimum absolute atomic E-state index is 0.00616. The van der Waals surface area contributed by atoms with E-state index in [0.29, 0.717) is 6.04 Å². The highest BCUT2D eigenvalue weighted by molar-refractivity contribution is 5.93. The van der Waals surface area contributed by atoms with E-state index >= 15 is 0 Å². The Bertz CT molecular complexity index is 624. The summed E-state index contributed by atoms with van der Waals surface area (Å²) < 4.78 is 4.07. The highest BCUT2D eigenvalue weighted by Crippen LogP contribution is 2.36. The summed E-state index contributed by atoms with van der Waals surface area (Å²) in [5.74, 6) is 0.906. The van der Waals surface area contributed by atoms with Gasteiger partial charge in [-0.05, 0) is 31.4 Å². The van der Waals surface area contributed by atoms with Gasteiger partial charge in [-0.3, -0.25) is 4.79 Å². The first-order valence-corrected chi connectivity index (χ1v) is 7.65. The second-order valence-corrected chi connectivity index (χ2v) is 5.74. The van der Waals surface area contributed by atoms with Gasteiger partial charge in [-0.2, -0.15) is 0 Å². The molecule has 0 spiro atoms. The minimum atomic E-state index is -0.0370. The molecule has 1 N–H and O–H groups in total. The van der Waals surface area contributed by atoms with E-state index in [4.69, 9.17) is 0 Å². The minimum Gasteiger partial charge on any atom is -0.341 e. The Morgan fingerprint density at radius 2 is 2.29 bits per heavy atom. The molecule has 1 saturated carbocycles. The maximum atomic E-state index is 12.6. The smallest absolute Gasteiger partial charge is 0.268 e. The molecule has 0 bridgehead atoms. The molecule has 5 heteroatoms. The van der Waals surface area contributed by atoms with Crippen molar-refractivity contribution in [2.75, 3.05) is 0 Å². The van der Waals surface area contributed by atoms with E-state index in [1.807, 2.05) is 36.1 Å². The van der Waals surface area contributed by atoms with E-state index in [9.17, 15) is 4.79 Å². The molecule has 0 unspecified atom stereocenters. The van der Waals surface area contributed by atoms with Crippen molar-refractivity contribution in [2.45, 2.75) is 44.7 Å². The molecule has 1 fully saturated rings. The van der Waals surface area contributed by atoms with E-state index in [0.717, 1.165) is 24.4 Å². The molecule has 1 aliphatic carbocycles. The Labute approximate surface area is 125 Å². The van der Waals surface area contributed by atoms with Gasteiger partial charge in [-0.1, -0.05) is 13.3 Å². The number of nitrogens with one attached hydrogen (secondary N) is 1. The van der Waals surface area contributed by atoms with Gasteiger partial charge < -0.3 is 14.5 Å². The maximum absolute atomic E-state index is 12.6. The molecule has 0 radical (unpaired) electrons. The van der Waals surface area contributed by atoms with Crippen LogP contribution in [0.3, 0.4) is 0 Å². The fourth-order valence-electron chi connectivity index (χ4n) is 2.76. The summed E-state index contributed by atoms with van der Waals surface area (Å²) >= 11 is 0. The van der Waals surface area contributed by atoms with Crippen LogP contribution in [0.15, 0.2) is 30.7 Å². The number of aromatic nitrogens is 3. The van der Waals surface area contributed by atoms with Crippen LogP contribution in [0.2, 0.25) is 0 Å². The first-order valence-electron chi connectivity index (χ1n) is 7.65. The monoisotopic (exact) mass is 286 g/mol. The third kappa shape index (κ3) is 2.86. The molecule has 2 heterocycles. The lowest BCUT2D eigenvalue weighted by Gasteiger charge is -2.18. The predicted octanol–water partition coefficient (Wildman–Crippen LogP) is 2.83. The van der Waals surface area contributed by atoms with Gasteiger partial charge in [0.05, 0.1) is 6.04 Å². The first-order chi connectivity index (χ1) is 10.2. The van der Waals surface area contributed by atoms with Crippen molar-refractivity contribution in [3.8, 4) is 0 Å². The van der Waals surface area contributed by atoms with Gasteiger partial charge in [0.15, 0.2) is 0 Å². The fourth-order valence-corrected chi connectivity index (χ4v) is 2.76. The number of nitrogens with zero attached hydrogens (tertiary/aromatic N) is 3. The van der Waals surface area contributed by atoms with Gasteiger partial charge in [-0.15, -0.1) is 0 Å². The molecule has 21 heavy (non-hydrogen) atoms. The molecule has 0 aliphatic heterocycles. The van der Waals surface area contributed by atoms with Crippen molar-refractivity contribution in [1.29, 1.82) is 0 Å². The largest absolute Gasteiger partial charge is 0.341 e. The van der Waals surface area contributed by atoms with Crippen molar-refractivity contribution in [3.63, 3.8) is 0 Å². The number of carbonyl (C=O) groups is 1. The zero-order valence-electron chi connectivity index (χ0n) is 12.6. The number of amides is 1. The Balaban J connectivity index is 1.77. The lowest BCUT2D eigenvalue weighted by Crippen LogP contribution is -2.31. The van der Waals surface area contributed by atoms with Crippen LogP contribution < -0.4 is 5.32 Å². The van der Waals surface area contributed by atoms with Crippen LogP contribution in [0.5, 0.6) is 0 Å². The molecule has 2 aromatic heterocycles. The summed E-state index contributed by atoms with van der Waals surface area (Å²) in [6.07, 6.45) is 9.93. The van der Waals surface area contributed by atoms with E-state index in [2.05, 4.69) is 21.8 Å². The van der Waals surface area contributed by atoms with E-state index in [1.54, 1.807) is 6.20 Å². The quantitative estimate of drug-likeness (QED) is 0.887. The average molecular weight is 286 g/mol. The molecule has 0 saturated heterocycles. The van der Waals surface area contributed by atoms with Gasteiger partial charge in [0.25, 0.3) is 5.91 Å².